The van der Waals surface area contributed by atoms with Crippen LogP contribution in [0.15, 0.2) is 96.3 Å². The molecule has 0 bridgehead atoms. The number of nitrogens with one attached hydrogen (secondary N) is 1. The lowest BCUT2D eigenvalue weighted by molar-refractivity contribution is 0.370. The number of aryl methyl sites for hydroxylation is 1. The fourth-order valence-electron chi connectivity index (χ4n) is 4.78. The summed E-state index contributed by atoms with van der Waals surface area (Å²) >= 11 is 0. The van der Waals surface area contributed by atoms with Gasteiger partial charge in [0.2, 0.25) is 10.0 Å². The van der Waals surface area contributed by atoms with Gasteiger partial charge in [-0.25, -0.2) is 13.4 Å². The Morgan fingerprint density at radius 2 is 1.75 bits per heavy atom. The Morgan fingerprint density at radius 1 is 1.00 bits per heavy atom. The average Bonchev–Trinajstić information content (AvgIpc) is 3.37. The van der Waals surface area contributed by atoms with Crippen molar-refractivity contribution >= 4 is 15.7 Å². The average molecular weight is 503 g/mol. The van der Waals surface area contributed by atoms with E-state index in [0.717, 1.165) is 29.8 Å². The summed E-state index contributed by atoms with van der Waals surface area (Å²) in [6, 6.07) is 25.0. The van der Waals surface area contributed by atoms with E-state index in [0.29, 0.717) is 25.4 Å². The number of para-hydroxylation sites is 1. The highest BCUT2D eigenvalue weighted by atomic mass is 32.2. The van der Waals surface area contributed by atoms with Crippen LogP contribution >= 0.6 is 0 Å². The number of anilines is 1. The van der Waals surface area contributed by atoms with Crippen LogP contribution in [0.5, 0.6) is 5.75 Å². The van der Waals surface area contributed by atoms with Crippen LogP contribution in [0.25, 0.3) is 0 Å². The van der Waals surface area contributed by atoms with E-state index in [1.807, 2.05) is 42.6 Å². The fraction of sp³-hybridized carbons (Fsp3) is 0.250. The Hall–Kier alpha value is -3.62. The zero-order valence-corrected chi connectivity index (χ0v) is 21.1. The SMILES string of the molecule is COc1ccc(S(=O)(=O)N2Cc3ccccc3N(Cc3cnc[nH]3)[C@@H](CCc3ccccc3)C2)cc1. The summed E-state index contributed by atoms with van der Waals surface area (Å²) < 4.78 is 34.5. The van der Waals surface area contributed by atoms with E-state index in [-0.39, 0.29) is 10.9 Å². The molecule has 186 valence electrons. The molecule has 8 heteroatoms. The molecular formula is C28H30N4O3S. The summed E-state index contributed by atoms with van der Waals surface area (Å²) in [7, 11) is -2.15. The molecule has 2 heterocycles. The molecule has 1 aromatic heterocycles. The Kier molecular flexibility index (Phi) is 7.06. The molecule has 0 saturated heterocycles. The maximum absolute atomic E-state index is 13.8. The van der Waals surface area contributed by atoms with Gasteiger partial charge < -0.3 is 14.6 Å². The molecule has 0 spiro atoms. The normalized spacial score (nSPS) is 16.4. The minimum Gasteiger partial charge on any atom is -0.497 e. The summed E-state index contributed by atoms with van der Waals surface area (Å²) in [6.07, 6.45) is 5.16. The monoisotopic (exact) mass is 502 g/mol. The number of rotatable bonds is 8. The molecule has 1 aliphatic rings. The van der Waals surface area contributed by atoms with Crippen LogP contribution in [-0.2, 0) is 29.5 Å². The number of imidazole rings is 1. The number of benzene rings is 3. The van der Waals surface area contributed by atoms with Crippen LogP contribution in [-0.4, -0.2) is 42.4 Å². The van der Waals surface area contributed by atoms with Crippen molar-refractivity contribution in [1.29, 1.82) is 0 Å². The van der Waals surface area contributed by atoms with Gasteiger partial charge in [-0.2, -0.15) is 4.31 Å². The van der Waals surface area contributed by atoms with E-state index < -0.39 is 10.0 Å². The molecule has 7 nitrogen and oxygen atoms in total. The topological polar surface area (TPSA) is 78.5 Å². The molecule has 1 N–H and O–H groups in total. The van der Waals surface area contributed by atoms with Crippen molar-refractivity contribution in [2.45, 2.75) is 36.9 Å². The quantitative estimate of drug-likeness (QED) is 0.380. The predicted octanol–water partition coefficient (Wildman–Crippen LogP) is 4.63. The van der Waals surface area contributed by atoms with Gasteiger partial charge in [0, 0.05) is 31.0 Å². The number of ether oxygens (including phenoxy) is 1. The summed E-state index contributed by atoms with van der Waals surface area (Å²) in [5.41, 5.74) is 4.26. The highest BCUT2D eigenvalue weighted by Crippen LogP contribution is 2.33. The largest absolute Gasteiger partial charge is 0.497 e. The predicted molar refractivity (Wildman–Crippen MR) is 140 cm³/mol. The summed E-state index contributed by atoms with van der Waals surface area (Å²) in [4.78, 5) is 10.0. The van der Waals surface area contributed by atoms with E-state index in [1.54, 1.807) is 42.0 Å². The van der Waals surface area contributed by atoms with Crippen LogP contribution < -0.4 is 9.64 Å². The molecule has 0 amide bonds. The molecule has 0 unspecified atom stereocenters. The number of H-pyrrole nitrogens is 1. The lowest BCUT2D eigenvalue weighted by atomic mass is 10.0. The zero-order chi connectivity index (χ0) is 25.0. The Morgan fingerprint density at radius 3 is 2.47 bits per heavy atom. The maximum atomic E-state index is 13.8. The highest BCUT2D eigenvalue weighted by Gasteiger charge is 2.34. The van der Waals surface area contributed by atoms with Gasteiger partial charge in [-0.15, -0.1) is 0 Å². The molecule has 1 atom stereocenters. The second-order valence-electron chi connectivity index (χ2n) is 8.98. The first-order valence-electron chi connectivity index (χ1n) is 12.0. The lowest BCUT2D eigenvalue weighted by Gasteiger charge is -2.34. The van der Waals surface area contributed by atoms with Crippen molar-refractivity contribution < 1.29 is 13.2 Å². The smallest absolute Gasteiger partial charge is 0.243 e. The Labute approximate surface area is 212 Å². The van der Waals surface area contributed by atoms with Crippen LogP contribution in [0.4, 0.5) is 5.69 Å². The molecule has 5 rings (SSSR count). The minimum absolute atomic E-state index is 0.0369. The number of hydrogen-bond donors (Lipinski definition) is 1. The van der Waals surface area contributed by atoms with Gasteiger partial charge in [0.05, 0.1) is 30.6 Å². The number of sulfonamides is 1. The Bertz CT molecular complexity index is 1370. The molecule has 0 radical (unpaired) electrons. The van der Waals surface area contributed by atoms with Gasteiger partial charge in [-0.1, -0.05) is 48.5 Å². The fourth-order valence-corrected chi connectivity index (χ4v) is 6.24. The molecule has 4 aromatic rings. The van der Waals surface area contributed by atoms with Crippen molar-refractivity contribution in [2.24, 2.45) is 0 Å². The third-order valence-electron chi connectivity index (χ3n) is 6.70. The van der Waals surface area contributed by atoms with Gasteiger partial charge in [-0.3, -0.25) is 0 Å². The number of hydrogen-bond acceptors (Lipinski definition) is 5. The number of aromatic amines is 1. The molecule has 1 aliphatic heterocycles. The first-order chi connectivity index (χ1) is 17.5. The van der Waals surface area contributed by atoms with Crippen LogP contribution in [0, 0.1) is 0 Å². The van der Waals surface area contributed by atoms with Gasteiger partial charge >= 0.3 is 0 Å². The van der Waals surface area contributed by atoms with E-state index in [1.165, 1.54) is 5.56 Å². The summed E-state index contributed by atoms with van der Waals surface area (Å²) in [5.74, 6) is 0.627. The second-order valence-corrected chi connectivity index (χ2v) is 10.9. The van der Waals surface area contributed by atoms with Crippen LogP contribution in [0.2, 0.25) is 0 Å². The highest BCUT2D eigenvalue weighted by molar-refractivity contribution is 7.89. The Balaban J connectivity index is 1.52. The van der Waals surface area contributed by atoms with E-state index in [9.17, 15) is 8.42 Å². The molecule has 0 saturated carbocycles. The summed E-state index contributed by atoms with van der Waals surface area (Å²) in [5, 5.41) is 0. The molecule has 36 heavy (non-hydrogen) atoms. The summed E-state index contributed by atoms with van der Waals surface area (Å²) in [6.45, 7) is 1.31. The molecular weight excluding hydrogens is 472 g/mol. The number of fused-ring (bicyclic) bond motifs is 1. The molecule has 0 fully saturated rings. The van der Waals surface area contributed by atoms with E-state index in [2.05, 4.69) is 33.1 Å². The van der Waals surface area contributed by atoms with E-state index in [4.69, 9.17) is 4.74 Å². The second kappa shape index (κ2) is 10.6. The number of nitrogens with zero attached hydrogens (tertiary/aromatic N) is 3. The van der Waals surface area contributed by atoms with Crippen molar-refractivity contribution in [2.75, 3.05) is 18.6 Å². The van der Waals surface area contributed by atoms with E-state index >= 15 is 0 Å². The van der Waals surface area contributed by atoms with Crippen molar-refractivity contribution in [1.82, 2.24) is 14.3 Å². The first kappa shape index (κ1) is 24.1. The standard InChI is InChI=1S/C28H30N4O3S/c1-35-26-13-15-27(16-14-26)36(33,34)31-18-23-9-5-6-10-28(23)32(19-24-17-29-21-30-24)25(20-31)12-11-22-7-3-2-4-8-22/h2-10,13-17,21,25H,11-12,18-20H2,1H3,(H,29,30)/t25-/m0/s1. The van der Waals surface area contributed by atoms with Crippen LogP contribution in [0.3, 0.4) is 0 Å². The molecule has 0 aliphatic carbocycles. The van der Waals surface area contributed by atoms with Gasteiger partial charge in [0.1, 0.15) is 5.75 Å². The number of methoxy groups -OCH3 is 1. The van der Waals surface area contributed by atoms with Crippen LogP contribution in [0.1, 0.15) is 23.2 Å². The van der Waals surface area contributed by atoms with Gasteiger partial charge in [-0.05, 0) is 54.3 Å². The third kappa shape index (κ3) is 5.15. The maximum Gasteiger partial charge on any atom is 0.243 e. The third-order valence-corrected chi connectivity index (χ3v) is 8.53. The van der Waals surface area contributed by atoms with Crippen molar-refractivity contribution in [3.8, 4) is 5.75 Å². The van der Waals surface area contributed by atoms with Crippen molar-refractivity contribution in [3.63, 3.8) is 0 Å². The zero-order valence-electron chi connectivity index (χ0n) is 20.2. The molecule has 3 aromatic carbocycles. The number of aromatic nitrogens is 2. The van der Waals surface area contributed by atoms with Gasteiger partial charge in [0.15, 0.2) is 0 Å². The lowest BCUT2D eigenvalue weighted by Crippen LogP contribution is -2.43. The first-order valence-corrected chi connectivity index (χ1v) is 13.5. The van der Waals surface area contributed by atoms with Gasteiger partial charge in [0.25, 0.3) is 0 Å². The minimum atomic E-state index is -3.72. The van der Waals surface area contributed by atoms with Crippen molar-refractivity contribution in [3.05, 3.63) is 108 Å².